The van der Waals surface area contributed by atoms with E-state index in [1.165, 1.54) is 18.8 Å². The van der Waals surface area contributed by atoms with E-state index in [1.54, 1.807) is 12.1 Å². The molecule has 9 nitrogen and oxygen atoms in total. The lowest BCUT2D eigenvalue weighted by Gasteiger charge is -2.19. The smallest absolute Gasteiger partial charge is 0.329 e. The normalized spacial score (nSPS) is 11.2. The van der Waals surface area contributed by atoms with E-state index in [1.807, 2.05) is 25.3 Å². The monoisotopic (exact) mass is 410 g/mol. The van der Waals surface area contributed by atoms with Gasteiger partial charge in [0.2, 0.25) is 5.91 Å². The predicted octanol–water partition coefficient (Wildman–Crippen LogP) is 0.725. The molecule has 1 aromatic rings. The van der Waals surface area contributed by atoms with Crippen molar-refractivity contribution in [2.45, 2.75) is 19.4 Å². The second-order valence-electron chi connectivity index (χ2n) is 6.11. The van der Waals surface area contributed by atoms with Gasteiger partial charge in [-0.05, 0) is 37.5 Å². The number of aryl methyl sites for hydroxylation is 1. The Hall–Kier alpha value is -2.75. The van der Waals surface area contributed by atoms with Crippen LogP contribution < -0.4 is 16.4 Å². The summed E-state index contributed by atoms with van der Waals surface area (Å²) in [6.45, 7) is 1.20. The number of hydrogen-bond acceptors (Lipinski definition) is 6. The van der Waals surface area contributed by atoms with Crippen molar-refractivity contribution in [3.05, 3.63) is 29.8 Å². The van der Waals surface area contributed by atoms with Gasteiger partial charge in [0, 0.05) is 12.7 Å². The molecular formula is C18H26N4O5S. The van der Waals surface area contributed by atoms with Gasteiger partial charge in [-0.15, -0.1) is 0 Å². The van der Waals surface area contributed by atoms with Crippen molar-refractivity contribution >= 4 is 41.3 Å². The Kier molecular flexibility index (Phi) is 9.86. The number of carbonyl (C=O) groups is 4. The van der Waals surface area contributed by atoms with E-state index in [2.05, 4.69) is 10.6 Å². The van der Waals surface area contributed by atoms with E-state index in [-0.39, 0.29) is 12.5 Å². The van der Waals surface area contributed by atoms with Crippen LogP contribution in [0.4, 0.5) is 10.5 Å². The number of urea groups is 1. The van der Waals surface area contributed by atoms with Gasteiger partial charge in [0.1, 0.15) is 6.04 Å². The lowest BCUT2D eigenvalue weighted by molar-refractivity contribution is -0.153. The maximum atomic E-state index is 12.1. The fraction of sp³-hybridized carbons (Fsp3) is 0.444. The van der Waals surface area contributed by atoms with Gasteiger partial charge in [-0.2, -0.15) is 11.8 Å². The van der Waals surface area contributed by atoms with E-state index in [4.69, 9.17) is 10.5 Å². The lowest BCUT2D eigenvalue weighted by Crippen LogP contribution is -2.46. The van der Waals surface area contributed by atoms with Gasteiger partial charge in [-0.1, -0.05) is 17.7 Å². The zero-order chi connectivity index (χ0) is 21.1. The Morgan fingerprint density at radius 3 is 2.43 bits per heavy atom. The molecule has 28 heavy (non-hydrogen) atoms. The van der Waals surface area contributed by atoms with Crippen LogP contribution in [-0.2, 0) is 19.1 Å². The number of primary amides is 1. The van der Waals surface area contributed by atoms with Crippen molar-refractivity contribution in [1.82, 2.24) is 10.2 Å². The SMILES string of the molecule is CSCC[C@H](NC(N)=O)C(=O)OCC(=O)N(C)CC(=O)Nc1ccc(C)cc1. The van der Waals surface area contributed by atoms with Crippen LogP contribution in [0.1, 0.15) is 12.0 Å². The highest BCUT2D eigenvalue weighted by Gasteiger charge is 2.23. The van der Waals surface area contributed by atoms with Crippen molar-refractivity contribution in [3.8, 4) is 0 Å². The van der Waals surface area contributed by atoms with E-state index < -0.39 is 30.6 Å². The zero-order valence-electron chi connectivity index (χ0n) is 16.2. The summed E-state index contributed by atoms with van der Waals surface area (Å²) in [5, 5.41) is 4.97. The summed E-state index contributed by atoms with van der Waals surface area (Å²) in [6.07, 6.45) is 2.18. The lowest BCUT2D eigenvalue weighted by atomic mass is 10.2. The number of nitrogens with one attached hydrogen (secondary N) is 2. The van der Waals surface area contributed by atoms with Crippen molar-refractivity contribution in [3.63, 3.8) is 0 Å². The average Bonchev–Trinajstić information content (AvgIpc) is 2.64. The summed E-state index contributed by atoms with van der Waals surface area (Å²) in [7, 11) is 1.43. The minimum Gasteiger partial charge on any atom is -0.454 e. The van der Waals surface area contributed by atoms with Crippen molar-refractivity contribution in [2.75, 3.05) is 37.5 Å². The molecule has 154 valence electrons. The molecule has 0 aliphatic carbocycles. The Bertz CT molecular complexity index is 696. The third kappa shape index (κ3) is 8.76. The van der Waals surface area contributed by atoms with Gasteiger partial charge in [0.05, 0.1) is 6.54 Å². The molecule has 0 aliphatic heterocycles. The molecule has 10 heteroatoms. The molecule has 4 N–H and O–H groups in total. The predicted molar refractivity (Wildman–Crippen MR) is 108 cm³/mol. The summed E-state index contributed by atoms with van der Waals surface area (Å²) < 4.78 is 4.96. The molecule has 0 spiro atoms. The molecule has 0 radical (unpaired) electrons. The van der Waals surface area contributed by atoms with Crippen LogP contribution in [0.5, 0.6) is 0 Å². The van der Waals surface area contributed by atoms with Gasteiger partial charge in [-0.3, -0.25) is 9.59 Å². The quantitative estimate of drug-likeness (QED) is 0.487. The van der Waals surface area contributed by atoms with Crippen LogP contribution in [0, 0.1) is 6.92 Å². The van der Waals surface area contributed by atoms with Crippen LogP contribution in [-0.4, -0.2) is 67.0 Å². The third-order valence-electron chi connectivity index (χ3n) is 3.69. The first-order valence-corrected chi connectivity index (χ1v) is 9.94. The molecule has 0 unspecified atom stereocenters. The number of nitrogens with two attached hydrogens (primary N) is 1. The molecule has 0 heterocycles. The minimum absolute atomic E-state index is 0.195. The molecule has 1 aromatic carbocycles. The largest absolute Gasteiger partial charge is 0.454 e. The molecule has 0 fully saturated rings. The number of amides is 4. The molecule has 1 atom stereocenters. The molecule has 0 aromatic heterocycles. The Balaban J connectivity index is 2.47. The van der Waals surface area contributed by atoms with Crippen LogP contribution >= 0.6 is 11.8 Å². The van der Waals surface area contributed by atoms with Crippen molar-refractivity contribution in [2.24, 2.45) is 5.73 Å². The second-order valence-corrected chi connectivity index (χ2v) is 7.10. The number of rotatable bonds is 10. The first kappa shape index (κ1) is 23.3. The number of nitrogens with zero attached hydrogens (tertiary/aromatic N) is 1. The van der Waals surface area contributed by atoms with Crippen LogP contribution in [0.3, 0.4) is 0 Å². The van der Waals surface area contributed by atoms with Gasteiger partial charge in [0.25, 0.3) is 5.91 Å². The van der Waals surface area contributed by atoms with Gasteiger partial charge in [-0.25, -0.2) is 9.59 Å². The van der Waals surface area contributed by atoms with Crippen LogP contribution in [0.25, 0.3) is 0 Å². The highest BCUT2D eigenvalue weighted by Crippen LogP contribution is 2.08. The minimum atomic E-state index is -0.923. The summed E-state index contributed by atoms with van der Waals surface area (Å²) in [5.41, 5.74) is 6.74. The molecule has 0 aliphatic rings. The van der Waals surface area contributed by atoms with E-state index in [0.717, 1.165) is 10.5 Å². The standard InChI is InChI=1S/C18H26N4O5S/c1-12-4-6-13(7-5-12)20-15(23)10-22(2)16(24)11-27-17(25)14(8-9-28-3)21-18(19)26/h4-7,14H,8-11H2,1-3H3,(H,20,23)(H3,19,21,26)/t14-/m0/s1. The van der Waals surface area contributed by atoms with Crippen molar-refractivity contribution in [1.29, 1.82) is 0 Å². The Morgan fingerprint density at radius 2 is 1.86 bits per heavy atom. The number of carbonyl (C=O) groups excluding carboxylic acids is 4. The topological polar surface area (TPSA) is 131 Å². The third-order valence-corrected chi connectivity index (χ3v) is 4.34. The number of anilines is 1. The van der Waals surface area contributed by atoms with E-state index in [0.29, 0.717) is 17.9 Å². The summed E-state index contributed by atoms with van der Waals surface area (Å²) >= 11 is 1.49. The zero-order valence-corrected chi connectivity index (χ0v) is 17.0. The number of esters is 1. The molecule has 1 rings (SSSR count). The Labute approximate surface area is 168 Å². The van der Waals surface area contributed by atoms with E-state index >= 15 is 0 Å². The second kappa shape index (κ2) is 11.9. The number of ether oxygens (including phenoxy) is 1. The first-order valence-electron chi connectivity index (χ1n) is 8.55. The first-order chi connectivity index (χ1) is 13.2. The fourth-order valence-corrected chi connectivity index (χ4v) is 2.61. The number of likely N-dealkylation sites (N-methyl/N-ethyl adjacent to an activating group) is 1. The molecule has 0 saturated heterocycles. The summed E-state index contributed by atoms with van der Waals surface area (Å²) in [6, 6.07) is 5.47. The Morgan fingerprint density at radius 1 is 1.21 bits per heavy atom. The molecule has 0 saturated carbocycles. The fourth-order valence-electron chi connectivity index (χ4n) is 2.14. The number of hydrogen-bond donors (Lipinski definition) is 3. The number of thioether (sulfide) groups is 1. The van der Waals surface area contributed by atoms with Gasteiger partial charge < -0.3 is 26.0 Å². The average molecular weight is 410 g/mol. The maximum Gasteiger partial charge on any atom is 0.329 e. The van der Waals surface area contributed by atoms with Crippen LogP contribution in [0.2, 0.25) is 0 Å². The summed E-state index contributed by atoms with van der Waals surface area (Å²) in [4.78, 5) is 48.3. The highest BCUT2D eigenvalue weighted by molar-refractivity contribution is 7.98. The number of benzene rings is 1. The van der Waals surface area contributed by atoms with Gasteiger partial charge in [0.15, 0.2) is 6.61 Å². The highest BCUT2D eigenvalue weighted by atomic mass is 32.2. The van der Waals surface area contributed by atoms with Crippen molar-refractivity contribution < 1.29 is 23.9 Å². The maximum absolute atomic E-state index is 12.1. The van der Waals surface area contributed by atoms with Crippen LogP contribution in [0.15, 0.2) is 24.3 Å². The molecule has 0 bridgehead atoms. The van der Waals surface area contributed by atoms with E-state index in [9.17, 15) is 19.2 Å². The summed E-state index contributed by atoms with van der Waals surface area (Å²) in [5.74, 6) is -1.07. The molecule has 4 amide bonds. The van der Waals surface area contributed by atoms with Gasteiger partial charge >= 0.3 is 12.0 Å². The molecular weight excluding hydrogens is 384 g/mol.